The maximum absolute atomic E-state index is 12.5. The van der Waals surface area contributed by atoms with E-state index in [0.717, 1.165) is 24.9 Å². The van der Waals surface area contributed by atoms with E-state index in [1.54, 1.807) is 4.57 Å². The van der Waals surface area contributed by atoms with Crippen molar-refractivity contribution in [2.24, 2.45) is 0 Å². The zero-order valence-corrected chi connectivity index (χ0v) is 15.0. The van der Waals surface area contributed by atoms with Crippen molar-refractivity contribution in [1.82, 2.24) is 15.2 Å². The van der Waals surface area contributed by atoms with Crippen LogP contribution in [0.3, 0.4) is 0 Å². The molecule has 1 aromatic carbocycles. The van der Waals surface area contributed by atoms with Gasteiger partial charge < -0.3 is 20.3 Å². The predicted octanol–water partition coefficient (Wildman–Crippen LogP) is 1.27. The van der Waals surface area contributed by atoms with Crippen molar-refractivity contribution in [2.45, 2.75) is 31.8 Å². The van der Waals surface area contributed by atoms with Gasteiger partial charge in [0.25, 0.3) is 5.91 Å². The number of benzene rings is 1. The highest BCUT2D eigenvalue weighted by Crippen LogP contribution is 2.06. The van der Waals surface area contributed by atoms with Gasteiger partial charge in [-0.15, -0.1) is 0 Å². The van der Waals surface area contributed by atoms with Crippen molar-refractivity contribution in [2.75, 3.05) is 13.1 Å². The molecule has 7 heteroatoms. The van der Waals surface area contributed by atoms with Crippen LogP contribution in [0.25, 0.3) is 0 Å². The number of pyridine rings is 1. The van der Waals surface area contributed by atoms with Crippen LogP contribution in [-0.4, -0.2) is 40.7 Å². The lowest BCUT2D eigenvalue weighted by molar-refractivity contribution is 0.0694. The second kappa shape index (κ2) is 8.64. The largest absolute Gasteiger partial charge is 0.477 e. The van der Waals surface area contributed by atoms with Crippen molar-refractivity contribution < 1.29 is 14.7 Å². The molecule has 7 nitrogen and oxygen atoms in total. The molecule has 0 saturated carbocycles. The minimum atomic E-state index is -1.33. The fraction of sp³-hybridized carbons (Fsp3) is 0.350. The van der Waals surface area contributed by atoms with E-state index in [-0.39, 0.29) is 11.6 Å². The van der Waals surface area contributed by atoms with Gasteiger partial charge in [0.05, 0.1) is 0 Å². The van der Waals surface area contributed by atoms with Gasteiger partial charge in [-0.3, -0.25) is 9.59 Å². The molecule has 2 heterocycles. The molecule has 3 N–H and O–H groups in total. The average molecular weight is 369 g/mol. The monoisotopic (exact) mass is 369 g/mol. The molecule has 0 aliphatic carbocycles. The summed E-state index contributed by atoms with van der Waals surface area (Å²) >= 11 is 0. The lowest BCUT2D eigenvalue weighted by atomic mass is 10.1. The second-order valence-electron chi connectivity index (χ2n) is 6.70. The van der Waals surface area contributed by atoms with E-state index >= 15 is 0 Å². The summed E-state index contributed by atoms with van der Waals surface area (Å²) in [7, 11) is 0. The Kier molecular flexibility index (Phi) is 6.03. The summed E-state index contributed by atoms with van der Waals surface area (Å²) in [5, 5.41) is 15.3. The standard InChI is InChI=1S/C20H23N3O4/c24-18-16(19(25)22-11-15-7-4-9-21-15)12-23(13-17(18)20(26)27)10-8-14-5-2-1-3-6-14/h1-3,5-6,12-13,15,21H,4,7-11H2,(H,22,25)(H,26,27)/t15-/m0/s1. The molecular weight excluding hydrogens is 346 g/mol. The quantitative estimate of drug-likeness (QED) is 0.682. The molecule has 0 bridgehead atoms. The summed E-state index contributed by atoms with van der Waals surface area (Å²) in [4.78, 5) is 36.3. The third-order valence-electron chi connectivity index (χ3n) is 4.73. The van der Waals surface area contributed by atoms with Crippen molar-refractivity contribution in [3.63, 3.8) is 0 Å². The average Bonchev–Trinajstić information content (AvgIpc) is 3.19. The number of carbonyl (C=O) groups excluding carboxylic acids is 1. The highest BCUT2D eigenvalue weighted by molar-refractivity contribution is 5.96. The highest BCUT2D eigenvalue weighted by Gasteiger charge is 2.20. The molecule has 3 rings (SSSR count). The maximum Gasteiger partial charge on any atom is 0.341 e. The zero-order chi connectivity index (χ0) is 19.2. The predicted molar refractivity (Wildman–Crippen MR) is 101 cm³/mol. The van der Waals surface area contributed by atoms with E-state index in [9.17, 15) is 19.5 Å². The molecule has 1 aromatic heterocycles. The van der Waals surface area contributed by atoms with Gasteiger partial charge in [0.1, 0.15) is 11.1 Å². The number of hydrogen-bond donors (Lipinski definition) is 3. The summed E-state index contributed by atoms with van der Waals surface area (Å²) in [6.45, 7) is 1.80. The second-order valence-corrected chi connectivity index (χ2v) is 6.70. The topological polar surface area (TPSA) is 100 Å². The Morgan fingerprint density at radius 2 is 1.93 bits per heavy atom. The van der Waals surface area contributed by atoms with Crippen LogP contribution < -0.4 is 16.1 Å². The Morgan fingerprint density at radius 3 is 2.59 bits per heavy atom. The molecule has 1 aliphatic rings. The van der Waals surface area contributed by atoms with Gasteiger partial charge in [0.15, 0.2) is 0 Å². The first-order valence-electron chi connectivity index (χ1n) is 9.07. The van der Waals surface area contributed by atoms with Crippen molar-refractivity contribution in [1.29, 1.82) is 0 Å². The smallest absolute Gasteiger partial charge is 0.341 e. The number of aryl methyl sites for hydroxylation is 2. The number of aromatic carboxylic acids is 1. The Morgan fingerprint density at radius 1 is 1.19 bits per heavy atom. The van der Waals surface area contributed by atoms with E-state index in [1.165, 1.54) is 12.4 Å². The molecule has 27 heavy (non-hydrogen) atoms. The maximum atomic E-state index is 12.5. The van der Waals surface area contributed by atoms with Crippen LogP contribution in [0.2, 0.25) is 0 Å². The molecule has 1 saturated heterocycles. The van der Waals surface area contributed by atoms with Crippen molar-refractivity contribution in [3.8, 4) is 0 Å². The fourth-order valence-corrected chi connectivity index (χ4v) is 3.22. The molecule has 1 fully saturated rings. The Bertz CT molecular complexity index is 871. The molecule has 142 valence electrons. The normalized spacial score (nSPS) is 16.2. The van der Waals surface area contributed by atoms with Crippen LogP contribution in [-0.2, 0) is 13.0 Å². The summed E-state index contributed by atoms with van der Waals surface area (Å²) in [5.41, 5.74) is -0.197. The molecule has 0 radical (unpaired) electrons. The number of carboxylic acid groups (broad SMARTS) is 1. The van der Waals surface area contributed by atoms with Gasteiger partial charge in [-0.2, -0.15) is 0 Å². The Labute approximate surface area is 157 Å². The minimum absolute atomic E-state index is 0.138. The van der Waals surface area contributed by atoms with Crippen molar-refractivity contribution >= 4 is 11.9 Å². The molecule has 1 atom stereocenters. The number of carboxylic acids is 1. The van der Waals surface area contributed by atoms with Crippen LogP contribution in [0.1, 0.15) is 39.1 Å². The first-order valence-corrected chi connectivity index (χ1v) is 9.07. The lowest BCUT2D eigenvalue weighted by Crippen LogP contribution is -2.39. The van der Waals surface area contributed by atoms with Gasteiger partial charge in [-0.1, -0.05) is 30.3 Å². The van der Waals surface area contributed by atoms with Gasteiger partial charge in [0.2, 0.25) is 5.43 Å². The molecule has 0 unspecified atom stereocenters. The number of hydrogen-bond acceptors (Lipinski definition) is 4. The van der Waals surface area contributed by atoms with Crippen molar-refractivity contribution in [3.05, 3.63) is 69.6 Å². The van der Waals surface area contributed by atoms with Crippen LogP contribution >= 0.6 is 0 Å². The SMILES string of the molecule is O=C(O)c1cn(CCc2ccccc2)cc(C(=O)NC[C@@H]2CCCN2)c1=O. The zero-order valence-electron chi connectivity index (χ0n) is 15.0. The minimum Gasteiger partial charge on any atom is -0.477 e. The van der Waals surface area contributed by atoms with E-state index in [4.69, 9.17) is 0 Å². The number of carbonyl (C=O) groups is 2. The van der Waals surface area contributed by atoms with Gasteiger partial charge >= 0.3 is 5.97 Å². The number of rotatable bonds is 7. The highest BCUT2D eigenvalue weighted by atomic mass is 16.4. The lowest BCUT2D eigenvalue weighted by Gasteiger charge is -2.13. The van der Waals surface area contributed by atoms with Crippen LogP contribution in [0.5, 0.6) is 0 Å². The summed E-state index contributed by atoms with van der Waals surface area (Å²) in [5.74, 6) is -1.87. The summed E-state index contributed by atoms with van der Waals surface area (Å²) in [6, 6.07) is 9.93. The molecule has 2 aromatic rings. The van der Waals surface area contributed by atoms with Gasteiger partial charge in [0, 0.05) is 31.5 Å². The van der Waals surface area contributed by atoms with E-state index < -0.39 is 22.9 Å². The van der Waals surface area contributed by atoms with E-state index in [1.807, 2.05) is 30.3 Å². The molecule has 1 amide bonds. The first kappa shape index (κ1) is 18.8. The molecule has 1 aliphatic heterocycles. The Balaban J connectivity index is 1.78. The van der Waals surface area contributed by atoms with E-state index in [0.29, 0.717) is 19.5 Å². The third kappa shape index (κ3) is 4.83. The fourth-order valence-electron chi connectivity index (χ4n) is 3.22. The van der Waals surface area contributed by atoms with Crippen LogP contribution in [0, 0.1) is 0 Å². The van der Waals surface area contributed by atoms with E-state index in [2.05, 4.69) is 10.6 Å². The van der Waals surface area contributed by atoms with Gasteiger partial charge in [-0.05, 0) is 31.4 Å². The number of aromatic nitrogens is 1. The molecular formula is C20H23N3O4. The number of nitrogens with one attached hydrogen (secondary N) is 2. The third-order valence-corrected chi connectivity index (χ3v) is 4.73. The summed E-state index contributed by atoms with van der Waals surface area (Å²) < 4.78 is 1.60. The van der Waals surface area contributed by atoms with Crippen LogP contribution in [0.4, 0.5) is 0 Å². The molecule has 0 spiro atoms. The van der Waals surface area contributed by atoms with Crippen LogP contribution in [0.15, 0.2) is 47.5 Å². The van der Waals surface area contributed by atoms with Gasteiger partial charge in [-0.25, -0.2) is 4.79 Å². The first-order chi connectivity index (χ1) is 13.0. The summed E-state index contributed by atoms with van der Waals surface area (Å²) in [6.07, 6.45) is 5.42. The number of amides is 1. The number of nitrogens with zero attached hydrogens (tertiary/aromatic N) is 1. The Hall–Kier alpha value is -2.93.